The number of rotatable bonds is 28. The number of halogens is 1. The Balaban J connectivity index is 1.59. The van der Waals surface area contributed by atoms with Crippen LogP contribution in [0.5, 0.6) is 0 Å². The molecule has 1 aromatic heterocycles. The molecule has 0 bridgehead atoms. The SMILES string of the molecule is NC(=O)c1nc(Cl)cnc1C(N)=NCCCCc1ccc(CCC(NCCCN(CC(O)C(O)C(O)C(O)CO)CC(O)C(O)C(O)C(O)CO)C(N)=O)c2c1CCCC2. The average molecular weight is 871 g/mol. The number of nitrogens with one attached hydrogen (secondary N) is 1. The summed E-state index contributed by atoms with van der Waals surface area (Å²) in [5.41, 5.74) is 22.2. The number of hydrogen-bond donors (Lipinski definition) is 14. The Morgan fingerprint density at radius 1 is 0.767 bits per heavy atom. The molecular weight excluding hydrogens is 808 g/mol. The van der Waals surface area contributed by atoms with Crippen LogP contribution in [0.25, 0.3) is 0 Å². The molecule has 0 saturated heterocycles. The van der Waals surface area contributed by atoms with Gasteiger partial charge in [-0.1, -0.05) is 23.7 Å². The van der Waals surface area contributed by atoms with Gasteiger partial charge in [0, 0.05) is 19.6 Å². The second kappa shape index (κ2) is 25.5. The van der Waals surface area contributed by atoms with E-state index in [-0.39, 0.29) is 35.5 Å². The van der Waals surface area contributed by atoms with Crippen molar-refractivity contribution in [2.75, 3.05) is 45.9 Å². The third-order valence-corrected chi connectivity index (χ3v) is 10.9. The lowest BCUT2D eigenvalue weighted by Crippen LogP contribution is -2.53. The zero-order valence-corrected chi connectivity index (χ0v) is 34.4. The van der Waals surface area contributed by atoms with Gasteiger partial charge in [0.2, 0.25) is 5.91 Å². The highest BCUT2D eigenvalue weighted by Crippen LogP contribution is 2.30. The van der Waals surface area contributed by atoms with Gasteiger partial charge in [-0.05, 0) is 99.6 Å². The van der Waals surface area contributed by atoms with Crippen LogP contribution in [0.2, 0.25) is 5.15 Å². The molecule has 1 aromatic carbocycles. The number of unbranched alkanes of at least 4 members (excludes halogenated alkanes) is 1. The Morgan fingerprint density at radius 2 is 1.30 bits per heavy atom. The van der Waals surface area contributed by atoms with Gasteiger partial charge in [-0.3, -0.25) is 19.5 Å². The number of aromatic nitrogens is 2. The number of nitrogens with zero attached hydrogens (tertiary/aromatic N) is 4. The summed E-state index contributed by atoms with van der Waals surface area (Å²) in [6, 6.07) is 3.53. The summed E-state index contributed by atoms with van der Waals surface area (Å²) >= 11 is 5.84. The molecule has 3 rings (SSSR count). The third-order valence-electron chi connectivity index (χ3n) is 10.7. The molecule has 21 heteroatoms. The zero-order chi connectivity index (χ0) is 44.5. The first kappa shape index (κ1) is 50.9. The van der Waals surface area contributed by atoms with E-state index >= 15 is 0 Å². The van der Waals surface area contributed by atoms with Gasteiger partial charge >= 0.3 is 0 Å². The predicted octanol–water partition coefficient (Wildman–Crippen LogP) is -4.22. The minimum absolute atomic E-state index is 0.0156. The monoisotopic (exact) mass is 870 g/mol. The Bertz CT molecular complexity index is 1670. The molecule has 1 heterocycles. The number of carbonyl (C=O) groups is 2. The number of aliphatic hydroxyl groups is 10. The van der Waals surface area contributed by atoms with Gasteiger partial charge in [0.05, 0.1) is 37.7 Å². The van der Waals surface area contributed by atoms with E-state index in [4.69, 9.17) is 39.0 Å². The quantitative estimate of drug-likeness (QED) is 0.0219. The summed E-state index contributed by atoms with van der Waals surface area (Å²) in [6.07, 6.45) is -5.56. The van der Waals surface area contributed by atoms with Crippen LogP contribution >= 0.6 is 11.6 Å². The first-order valence-electron chi connectivity index (χ1n) is 20.2. The number of benzene rings is 1. The van der Waals surface area contributed by atoms with Gasteiger partial charge in [-0.15, -0.1) is 0 Å². The number of nitrogens with two attached hydrogens (primary N) is 3. The fourth-order valence-corrected chi connectivity index (χ4v) is 7.40. The summed E-state index contributed by atoms with van der Waals surface area (Å²) in [5, 5.41) is 103. The van der Waals surface area contributed by atoms with E-state index in [9.17, 15) is 50.4 Å². The number of aliphatic imine (C=N–C) groups is 1. The van der Waals surface area contributed by atoms with Crippen molar-refractivity contribution in [3.63, 3.8) is 0 Å². The van der Waals surface area contributed by atoms with Crippen LogP contribution < -0.4 is 22.5 Å². The smallest absolute Gasteiger partial charge is 0.269 e. The number of primary amides is 2. The fourth-order valence-electron chi connectivity index (χ4n) is 7.27. The fraction of sp³-hybridized carbons (Fsp3) is 0.667. The van der Waals surface area contributed by atoms with Crippen LogP contribution in [0, 0.1) is 0 Å². The van der Waals surface area contributed by atoms with Crippen molar-refractivity contribution >= 4 is 29.3 Å². The van der Waals surface area contributed by atoms with E-state index in [1.165, 1.54) is 27.8 Å². The molecule has 0 spiro atoms. The highest BCUT2D eigenvalue weighted by atomic mass is 35.5. The molecule has 2 amide bonds. The van der Waals surface area contributed by atoms with Gasteiger partial charge in [0.1, 0.15) is 53.3 Å². The van der Waals surface area contributed by atoms with Gasteiger partial charge in [-0.25, -0.2) is 9.97 Å². The standard InChI is InChI=1S/C39H63ClN8O12/c40-30-16-46-31(32(47-30)39(43)60)37(41)45-13-4-3-6-21-9-10-22(24-8-2-1-7-23(21)24)11-12-25(38(42)59)44-14-5-15-48(17-26(51)33(55)35(57)28(53)19-49)18-27(52)34(56)36(58)29(54)20-50/h9-10,16,25-29,33-36,44,49-58H,1-8,11-15,17-20H2,(H2,41,45)(H2,42,59)(H2,43,60). The molecule has 1 aliphatic rings. The molecule has 1 aliphatic carbocycles. The topological polar surface area (TPSA) is 368 Å². The molecule has 2 aromatic rings. The number of amides is 2. The molecule has 17 N–H and O–H groups in total. The summed E-state index contributed by atoms with van der Waals surface area (Å²) < 4.78 is 0. The number of aryl methyl sites for hydroxylation is 2. The Labute approximate surface area is 353 Å². The minimum atomic E-state index is -1.90. The molecule has 9 atom stereocenters. The normalized spacial score (nSPS) is 17.9. The maximum absolute atomic E-state index is 12.5. The molecule has 20 nitrogen and oxygen atoms in total. The second-order valence-electron chi connectivity index (χ2n) is 15.2. The lowest BCUT2D eigenvalue weighted by molar-refractivity contribution is -0.130. The number of carbonyl (C=O) groups excluding carboxylic acids is 2. The van der Waals surface area contributed by atoms with Crippen molar-refractivity contribution in [1.29, 1.82) is 0 Å². The first-order valence-corrected chi connectivity index (χ1v) is 20.5. The molecule has 9 unspecified atom stereocenters. The molecule has 338 valence electrons. The van der Waals surface area contributed by atoms with Crippen molar-refractivity contribution in [2.45, 2.75) is 119 Å². The van der Waals surface area contributed by atoms with E-state index in [1.807, 2.05) is 0 Å². The molecule has 60 heavy (non-hydrogen) atoms. The third kappa shape index (κ3) is 15.2. The van der Waals surface area contributed by atoms with Crippen molar-refractivity contribution in [3.05, 3.63) is 57.1 Å². The summed E-state index contributed by atoms with van der Waals surface area (Å²) in [4.78, 5) is 38.0. The van der Waals surface area contributed by atoms with Gasteiger partial charge in [-0.2, -0.15) is 0 Å². The van der Waals surface area contributed by atoms with Crippen LogP contribution in [-0.2, 0) is 30.5 Å². The Morgan fingerprint density at radius 3 is 1.82 bits per heavy atom. The second-order valence-corrected chi connectivity index (χ2v) is 15.6. The lowest BCUT2D eigenvalue weighted by Gasteiger charge is -2.33. The van der Waals surface area contributed by atoms with E-state index in [1.54, 1.807) is 0 Å². The lowest BCUT2D eigenvalue weighted by atomic mass is 9.82. The molecular formula is C39H63ClN8O12. The van der Waals surface area contributed by atoms with Gasteiger partial charge < -0.3 is 73.6 Å². The number of fused-ring (bicyclic) bond motifs is 1. The zero-order valence-electron chi connectivity index (χ0n) is 33.6. The van der Waals surface area contributed by atoms with E-state index < -0.39 is 93.0 Å². The summed E-state index contributed by atoms with van der Waals surface area (Å²) in [7, 11) is 0. The highest BCUT2D eigenvalue weighted by Gasteiger charge is 2.34. The average Bonchev–Trinajstić information content (AvgIpc) is 3.23. The Hall–Kier alpha value is -3.48. The van der Waals surface area contributed by atoms with Crippen molar-refractivity contribution in [1.82, 2.24) is 20.2 Å². The summed E-state index contributed by atoms with van der Waals surface area (Å²) in [5.74, 6) is -1.31. The van der Waals surface area contributed by atoms with Crippen LogP contribution in [-0.4, -0.2) is 184 Å². The molecule has 0 saturated carbocycles. The minimum Gasteiger partial charge on any atom is -0.394 e. The number of amidine groups is 1. The molecule has 0 aliphatic heterocycles. The number of aliphatic hydroxyl groups excluding tert-OH is 10. The highest BCUT2D eigenvalue weighted by molar-refractivity contribution is 6.29. The van der Waals surface area contributed by atoms with E-state index in [2.05, 4.69) is 32.4 Å². The number of hydrogen-bond acceptors (Lipinski definition) is 17. The predicted molar refractivity (Wildman–Crippen MR) is 220 cm³/mol. The Kier molecular flexibility index (Phi) is 21.6. The van der Waals surface area contributed by atoms with E-state index in [0.717, 1.165) is 50.5 Å². The molecule has 0 fully saturated rings. The summed E-state index contributed by atoms with van der Waals surface area (Å²) in [6.45, 7) is -1.83. The van der Waals surface area contributed by atoms with Crippen LogP contribution in [0.15, 0.2) is 23.3 Å². The van der Waals surface area contributed by atoms with E-state index in [0.29, 0.717) is 25.8 Å². The maximum atomic E-state index is 12.5. The largest absolute Gasteiger partial charge is 0.394 e. The van der Waals surface area contributed by atoms with Crippen molar-refractivity contribution < 1.29 is 60.7 Å². The first-order chi connectivity index (χ1) is 28.5. The van der Waals surface area contributed by atoms with Crippen LogP contribution in [0.3, 0.4) is 0 Å². The van der Waals surface area contributed by atoms with Crippen molar-refractivity contribution in [2.24, 2.45) is 22.2 Å². The molecule has 0 radical (unpaired) electrons. The van der Waals surface area contributed by atoms with Crippen molar-refractivity contribution in [3.8, 4) is 0 Å². The van der Waals surface area contributed by atoms with Gasteiger partial charge in [0.15, 0.2) is 5.69 Å². The van der Waals surface area contributed by atoms with Gasteiger partial charge in [0.25, 0.3) is 5.91 Å². The van der Waals surface area contributed by atoms with Crippen LogP contribution in [0.1, 0.15) is 77.0 Å². The maximum Gasteiger partial charge on any atom is 0.269 e. The van der Waals surface area contributed by atoms with Crippen LogP contribution in [0.4, 0.5) is 0 Å².